The summed E-state index contributed by atoms with van der Waals surface area (Å²) >= 11 is 0. The molecule has 1 heterocycles. The normalized spacial score (nSPS) is 12.0. The summed E-state index contributed by atoms with van der Waals surface area (Å²) in [6, 6.07) is 16.3. The molecule has 0 atom stereocenters. The number of carbonyl (C=O) groups excluding carboxylic acids is 1. The number of ketones is 1. The zero-order valence-corrected chi connectivity index (χ0v) is 15.6. The molecule has 132 valence electrons. The van der Waals surface area contributed by atoms with Crippen LogP contribution >= 0.6 is 0 Å². The fraction of sp³-hybridized carbons (Fsp3) is 0.208. The van der Waals surface area contributed by atoms with Gasteiger partial charge in [-0.3, -0.25) is 4.79 Å². The predicted octanol–water partition coefficient (Wildman–Crippen LogP) is 6.66. The molecule has 0 spiro atoms. The van der Waals surface area contributed by atoms with E-state index in [-0.39, 0.29) is 11.2 Å². The van der Waals surface area contributed by atoms with E-state index in [9.17, 15) is 4.79 Å². The maximum absolute atomic E-state index is 11.7. The minimum atomic E-state index is -0.200. The van der Waals surface area contributed by atoms with E-state index in [0.717, 1.165) is 17.4 Å². The first-order chi connectivity index (χ1) is 12.4. The van der Waals surface area contributed by atoms with Gasteiger partial charge in [-0.15, -0.1) is 0 Å². The highest BCUT2D eigenvalue weighted by atomic mass is 16.3. The van der Waals surface area contributed by atoms with Gasteiger partial charge in [-0.25, -0.2) is 0 Å². The molecule has 26 heavy (non-hydrogen) atoms. The molecule has 0 amide bonds. The lowest BCUT2D eigenvalue weighted by Crippen LogP contribution is -2.15. The van der Waals surface area contributed by atoms with Crippen molar-refractivity contribution in [1.29, 1.82) is 0 Å². The van der Waals surface area contributed by atoms with Crippen molar-refractivity contribution in [1.82, 2.24) is 0 Å². The van der Waals surface area contributed by atoms with E-state index in [0.29, 0.717) is 11.3 Å². The van der Waals surface area contributed by atoms with Crippen molar-refractivity contribution in [3.05, 3.63) is 83.6 Å². The highest BCUT2D eigenvalue weighted by molar-refractivity contribution is 6.04. The molecule has 2 heteroatoms. The molecule has 0 aliphatic heterocycles. The average Bonchev–Trinajstić information content (AvgIpc) is 3.09. The van der Waals surface area contributed by atoms with Crippen molar-refractivity contribution in [3.8, 4) is 0 Å². The molecule has 2 nitrogen and oxygen atoms in total. The third kappa shape index (κ3) is 3.70. The lowest BCUT2D eigenvalue weighted by molar-refractivity contribution is 0.102. The zero-order valence-electron chi connectivity index (χ0n) is 15.6. The van der Waals surface area contributed by atoms with Crippen LogP contribution in [0.15, 0.2) is 65.6 Å². The van der Waals surface area contributed by atoms with Gasteiger partial charge in [-0.2, -0.15) is 0 Å². The Labute approximate surface area is 154 Å². The molecule has 1 aromatic heterocycles. The highest BCUT2D eigenvalue weighted by Crippen LogP contribution is 2.28. The van der Waals surface area contributed by atoms with E-state index < -0.39 is 0 Å². The van der Waals surface area contributed by atoms with E-state index in [1.165, 1.54) is 17.2 Å². The van der Waals surface area contributed by atoms with Gasteiger partial charge in [-0.05, 0) is 52.8 Å². The molecule has 0 N–H and O–H groups in total. The summed E-state index contributed by atoms with van der Waals surface area (Å²) in [5.41, 5.74) is 4.47. The Bertz CT molecular complexity index is 986. The molecule has 0 aliphatic carbocycles. The summed E-state index contributed by atoms with van der Waals surface area (Å²) in [7, 11) is 0. The van der Waals surface area contributed by atoms with Gasteiger partial charge in [0.05, 0.1) is 0 Å². The summed E-state index contributed by atoms with van der Waals surface area (Å²) in [6.07, 6.45) is 6.57. The summed E-state index contributed by atoms with van der Waals surface area (Å²) in [5.74, 6) is 0.124. The second kappa shape index (κ2) is 7.17. The SMILES string of the molecule is C=CC(=O)c1cc2cc(C=Cc3cccc(C(C)(C)CC)c3)ccc2o1. The van der Waals surface area contributed by atoms with E-state index in [1.807, 2.05) is 18.2 Å². The molecular weight excluding hydrogens is 320 g/mol. The number of fused-ring (bicyclic) bond motifs is 1. The molecule has 0 aliphatic rings. The molecule has 0 fully saturated rings. The topological polar surface area (TPSA) is 30.2 Å². The second-order valence-electron chi connectivity index (χ2n) is 7.17. The van der Waals surface area contributed by atoms with Crippen LogP contribution in [0.5, 0.6) is 0 Å². The first kappa shape index (κ1) is 17.9. The molecule has 3 aromatic rings. The Morgan fingerprint density at radius 2 is 1.81 bits per heavy atom. The van der Waals surface area contributed by atoms with Crippen LogP contribution in [0.25, 0.3) is 23.1 Å². The van der Waals surface area contributed by atoms with E-state index in [2.05, 4.69) is 63.8 Å². The zero-order chi connectivity index (χ0) is 18.7. The molecule has 0 unspecified atom stereocenters. The lowest BCUT2D eigenvalue weighted by Gasteiger charge is -2.23. The van der Waals surface area contributed by atoms with E-state index in [1.54, 1.807) is 6.07 Å². The third-order valence-corrected chi connectivity index (χ3v) is 4.99. The second-order valence-corrected chi connectivity index (χ2v) is 7.17. The number of rotatable bonds is 6. The largest absolute Gasteiger partial charge is 0.453 e. The van der Waals surface area contributed by atoms with Crippen LogP contribution in [0.4, 0.5) is 0 Å². The van der Waals surface area contributed by atoms with Crippen LogP contribution in [-0.2, 0) is 5.41 Å². The van der Waals surface area contributed by atoms with Crippen LogP contribution < -0.4 is 0 Å². The highest BCUT2D eigenvalue weighted by Gasteiger charge is 2.17. The Kier molecular flexibility index (Phi) is 4.94. The fourth-order valence-corrected chi connectivity index (χ4v) is 2.85. The quantitative estimate of drug-likeness (QED) is 0.284. The van der Waals surface area contributed by atoms with Gasteiger partial charge < -0.3 is 4.42 Å². The number of benzene rings is 2. The van der Waals surface area contributed by atoms with Crippen molar-refractivity contribution in [2.75, 3.05) is 0 Å². The Balaban J connectivity index is 1.87. The number of furan rings is 1. The van der Waals surface area contributed by atoms with Gasteiger partial charge in [0, 0.05) is 5.39 Å². The standard InChI is InChI=1S/C24H24O2/c1-5-21(25)23-16-19-14-18(12-13-22(19)26-23)11-10-17-8-7-9-20(15-17)24(3,4)6-2/h5,7-16H,1,6H2,2-4H3. The van der Waals surface area contributed by atoms with Gasteiger partial charge >= 0.3 is 0 Å². The van der Waals surface area contributed by atoms with Crippen molar-refractivity contribution >= 4 is 28.9 Å². The van der Waals surface area contributed by atoms with Crippen LogP contribution in [0.3, 0.4) is 0 Å². The van der Waals surface area contributed by atoms with E-state index >= 15 is 0 Å². The van der Waals surface area contributed by atoms with Gasteiger partial charge in [0.2, 0.25) is 5.78 Å². The van der Waals surface area contributed by atoms with Gasteiger partial charge in [0.25, 0.3) is 0 Å². The number of hydrogen-bond donors (Lipinski definition) is 0. The fourth-order valence-electron chi connectivity index (χ4n) is 2.85. The minimum Gasteiger partial charge on any atom is -0.453 e. The third-order valence-electron chi connectivity index (χ3n) is 4.99. The Morgan fingerprint density at radius 3 is 2.50 bits per heavy atom. The van der Waals surface area contributed by atoms with E-state index in [4.69, 9.17) is 4.42 Å². The van der Waals surface area contributed by atoms with Gasteiger partial charge in [-0.1, -0.05) is 69.8 Å². The predicted molar refractivity (Wildman–Crippen MR) is 109 cm³/mol. The Morgan fingerprint density at radius 1 is 1.08 bits per heavy atom. The van der Waals surface area contributed by atoms with Crippen molar-refractivity contribution in [3.63, 3.8) is 0 Å². The van der Waals surface area contributed by atoms with Crippen LogP contribution in [0.2, 0.25) is 0 Å². The molecule has 0 saturated heterocycles. The summed E-state index contributed by atoms with van der Waals surface area (Å²) in [4.78, 5) is 11.7. The molecule has 3 rings (SSSR count). The minimum absolute atomic E-state index is 0.174. The first-order valence-corrected chi connectivity index (χ1v) is 8.92. The number of carbonyl (C=O) groups is 1. The van der Waals surface area contributed by atoms with Gasteiger partial charge in [0.15, 0.2) is 5.76 Å². The molecule has 0 saturated carbocycles. The van der Waals surface area contributed by atoms with Crippen molar-refractivity contribution in [2.24, 2.45) is 0 Å². The molecule has 0 radical (unpaired) electrons. The summed E-state index contributed by atoms with van der Waals surface area (Å²) < 4.78 is 5.56. The summed E-state index contributed by atoms with van der Waals surface area (Å²) in [6.45, 7) is 10.3. The van der Waals surface area contributed by atoms with Crippen LogP contribution in [0, 0.1) is 0 Å². The monoisotopic (exact) mass is 344 g/mol. The summed E-state index contributed by atoms with van der Waals surface area (Å²) in [5, 5.41) is 0.915. The van der Waals surface area contributed by atoms with Gasteiger partial charge in [0.1, 0.15) is 5.58 Å². The first-order valence-electron chi connectivity index (χ1n) is 8.92. The smallest absolute Gasteiger partial charge is 0.220 e. The van der Waals surface area contributed by atoms with Crippen molar-refractivity contribution < 1.29 is 9.21 Å². The lowest BCUT2D eigenvalue weighted by atomic mass is 9.81. The molecule has 2 aromatic carbocycles. The van der Waals surface area contributed by atoms with Crippen LogP contribution in [-0.4, -0.2) is 5.78 Å². The number of allylic oxidation sites excluding steroid dienone is 1. The molecule has 0 bridgehead atoms. The maximum atomic E-state index is 11.7. The Hall–Kier alpha value is -2.87. The van der Waals surface area contributed by atoms with Crippen LogP contribution in [0.1, 0.15) is 54.4 Å². The average molecular weight is 344 g/mol. The molecular formula is C24H24O2. The van der Waals surface area contributed by atoms with Crippen molar-refractivity contribution in [2.45, 2.75) is 32.6 Å². The number of hydrogen-bond acceptors (Lipinski definition) is 2. The maximum Gasteiger partial charge on any atom is 0.220 e.